The van der Waals surface area contributed by atoms with Gasteiger partial charge in [0.15, 0.2) is 0 Å². The lowest BCUT2D eigenvalue weighted by Gasteiger charge is -2.10. The summed E-state index contributed by atoms with van der Waals surface area (Å²) in [7, 11) is 0. The summed E-state index contributed by atoms with van der Waals surface area (Å²) in [6.07, 6.45) is 4.02. The topological polar surface area (TPSA) is 37.9 Å². The summed E-state index contributed by atoms with van der Waals surface area (Å²) in [6.45, 7) is 6.78. The van der Waals surface area contributed by atoms with Crippen LogP contribution in [0.25, 0.3) is 10.9 Å². The second kappa shape index (κ2) is 8.31. The Bertz CT molecular complexity index is 890. The zero-order valence-corrected chi connectivity index (χ0v) is 16.8. The molecule has 0 aliphatic carbocycles. The molecule has 2 heterocycles. The van der Waals surface area contributed by atoms with Gasteiger partial charge in [0.05, 0.1) is 10.0 Å². The first-order chi connectivity index (χ1) is 11.5. The third-order valence-corrected chi connectivity index (χ3v) is 4.99. The lowest BCUT2D eigenvalue weighted by molar-refractivity contribution is 0.297. The van der Waals surface area contributed by atoms with Crippen molar-refractivity contribution in [1.82, 2.24) is 9.97 Å². The highest BCUT2D eigenvalue weighted by atomic mass is 35.5. The van der Waals surface area contributed by atoms with Gasteiger partial charge in [-0.25, -0.2) is 4.98 Å². The number of halogens is 3. The number of aromatic nitrogens is 2. The van der Waals surface area contributed by atoms with Gasteiger partial charge in [0.2, 0.25) is 5.88 Å². The summed E-state index contributed by atoms with van der Waals surface area (Å²) in [4.78, 5) is 7.94. The van der Waals surface area contributed by atoms with Crippen LogP contribution in [0.3, 0.4) is 0 Å². The molecule has 3 aromatic rings. The molecule has 0 amide bonds. The molecule has 0 saturated carbocycles. The van der Waals surface area contributed by atoms with E-state index in [1.54, 1.807) is 6.07 Å². The molecule has 25 heavy (non-hydrogen) atoms. The first-order valence-corrected chi connectivity index (χ1v) is 8.80. The third kappa shape index (κ3) is 4.05. The van der Waals surface area contributed by atoms with Crippen molar-refractivity contribution in [2.75, 3.05) is 0 Å². The normalized spacial score (nSPS) is 10.8. The number of ether oxygens (including phenoxy) is 1. The SMILES string of the molecule is CCCc1cnc(OCc2ccc(Cl)c(Cl)c2)c2[nH]c(C)c(C)c12.Cl. The summed E-state index contributed by atoms with van der Waals surface area (Å²) in [5.74, 6) is 0.618. The Kier molecular flexibility index (Phi) is 6.61. The van der Waals surface area contributed by atoms with Crippen LogP contribution in [-0.4, -0.2) is 9.97 Å². The van der Waals surface area contributed by atoms with Crippen LogP contribution < -0.4 is 4.74 Å². The number of hydrogen-bond acceptors (Lipinski definition) is 2. The smallest absolute Gasteiger partial charge is 0.238 e. The van der Waals surface area contributed by atoms with Gasteiger partial charge in [0, 0.05) is 17.3 Å². The number of H-pyrrole nitrogens is 1. The van der Waals surface area contributed by atoms with E-state index < -0.39 is 0 Å². The average Bonchev–Trinajstić information content (AvgIpc) is 2.86. The fourth-order valence-electron chi connectivity index (χ4n) is 2.90. The monoisotopic (exact) mass is 398 g/mol. The molecule has 0 spiro atoms. The van der Waals surface area contributed by atoms with Gasteiger partial charge >= 0.3 is 0 Å². The van der Waals surface area contributed by atoms with Crippen LogP contribution in [0.1, 0.15) is 35.7 Å². The van der Waals surface area contributed by atoms with Crippen LogP contribution in [0, 0.1) is 13.8 Å². The Morgan fingerprint density at radius 3 is 2.60 bits per heavy atom. The van der Waals surface area contributed by atoms with E-state index in [4.69, 9.17) is 27.9 Å². The molecule has 0 bridgehead atoms. The lowest BCUT2D eigenvalue weighted by atomic mass is 10.0. The molecule has 6 heteroatoms. The minimum atomic E-state index is 0. The average molecular weight is 400 g/mol. The summed E-state index contributed by atoms with van der Waals surface area (Å²) >= 11 is 12.0. The Morgan fingerprint density at radius 2 is 1.92 bits per heavy atom. The van der Waals surface area contributed by atoms with Crippen LogP contribution in [0.15, 0.2) is 24.4 Å². The molecule has 0 radical (unpaired) electrons. The van der Waals surface area contributed by atoms with Gasteiger partial charge in [0.25, 0.3) is 0 Å². The number of benzene rings is 1. The van der Waals surface area contributed by atoms with E-state index >= 15 is 0 Å². The van der Waals surface area contributed by atoms with Crippen molar-refractivity contribution >= 4 is 46.5 Å². The summed E-state index contributed by atoms with van der Waals surface area (Å²) < 4.78 is 5.96. The molecule has 0 fully saturated rings. The predicted molar refractivity (Wildman–Crippen MR) is 108 cm³/mol. The molecule has 0 atom stereocenters. The molecule has 0 aliphatic heterocycles. The maximum absolute atomic E-state index is 6.06. The highest BCUT2D eigenvalue weighted by Crippen LogP contribution is 2.32. The molecule has 3 rings (SSSR count). The first-order valence-electron chi connectivity index (χ1n) is 8.04. The Balaban J connectivity index is 0.00000225. The van der Waals surface area contributed by atoms with E-state index in [1.807, 2.05) is 18.3 Å². The number of fused-ring (bicyclic) bond motifs is 1. The molecule has 3 nitrogen and oxygen atoms in total. The second-order valence-electron chi connectivity index (χ2n) is 6.00. The number of aryl methyl sites for hydroxylation is 3. The number of nitrogens with zero attached hydrogens (tertiary/aromatic N) is 1. The van der Waals surface area contributed by atoms with Crippen molar-refractivity contribution in [3.8, 4) is 5.88 Å². The second-order valence-corrected chi connectivity index (χ2v) is 6.82. The summed E-state index contributed by atoms with van der Waals surface area (Å²) in [6, 6.07) is 5.50. The van der Waals surface area contributed by atoms with E-state index in [9.17, 15) is 0 Å². The van der Waals surface area contributed by atoms with E-state index in [-0.39, 0.29) is 12.4 Å². The van der Waals surface area contributed by atoms with Crippen molar-refractivity contribution in [3.63, 3.8) is 0 Å². The van der Waals surface area contributed by atoms with E-state index in [0.29, 0.717) is 22.5 Å². The fourth-order valence-corrected chi connectivity index (χ4v) is 3.22. The fraction of sp³-hybridized carbons (Fsp3) is 0.316. The van der Waals surface area contributed by atoms with Crippen molar-refractivity contribution in [3.05, 3.63) is 56.8 Å². The van der Waals surface area contributed by atoms with Crippen molar-refractivity contribution < 1.29 is 4.74 Å². The molecule has 0 unspecified atom stereocenters. The Morgan fingerprint density at radius 1 is 1.16 bits per heavy atom. The molecule has 0 saturated heterocycles. The predicted octanol–water partition coefficient (Wildman–Crippen LogP) is 6.44. The Hall–Kier alpha value is -1.42. The van der Waals surface area contributed by atoms with Crippen LogP contribution in [0.4, 0.5) is 0 Å². The largest absolute Gasteiger partial charge is 0.471 e. The Labute approximate surface area is 164 Å². The van der Waals surface area contributed by atoms with Crippen molar-refractivity contribution in [2.45, 2.75) is 40.2 Å². The quantitative estimate of drug-likeness (QED) is 0.536. The number of pyridine rings is 1. The van der Waals surface area contributed by atoms with Gasteiger partial charge in [-0.3, -0.25) is 0 Å². The number of rotatable bonds is 5. The molecular formula is C19H21Cl3N2O. The zero-order valence-electron chi connectivity index (χ0n) is 14.5. The van der Waals surface area contributed by atoms with E-state index in [1.165, 1.54) is 16.5 Å². The van der Waals surface area contributed by atoms with Gasteiger partial charge in [-0.2, -0.15) is 0 Å². The highest BCUT2D eigenvalue weighted by molar-refractivity contribution is 6.42. The molecule has 1 aromatic carbocycles. The maximum Gasteiger partial charge on any atom is 0.238 e. The zero-order chi connectivity index (χ0) is 17.3. The van der Waals surface area contributed by atoms with Gasteiger partial charge in [-0.05, 0) is 49.1 Å². The number of aromatic amines is 1. The summed E-state index contributed by atoms with van der Waals surface area (Å²) in [5, 5.41) is 2.30. The first kappa shape index (κ1) is 19.9. The molecule has 1 N–H and O–H groups in total. The van der Waals surface area contributed by atoms with Crippen LogP contribution in [0.2, 0.25) is 10.0 Å². The van der Waals surface area contributed by atoms with Crippen LogP contribution >= 0.6 is 35.6 Å². The highest BCUT2D eigenvalue weighted by Gasteiger charge is 2.15. The minimum Gasteiger partial charge on any atom is -0.471 e. The van der Waals surface area contributed by atoms with Crippen LogP contribution in [-0.2, 0) is 13.0 Å². The van der Waals surface area contributed by atoms with Crippen molar-refractivity contribution in [1.29, 1.82) is 0 Å². The van der Waals surface area contributed by atoms with Gasteiger partial charge in [-0.15, -0.1) is 12.4 Å². The van der Waals surface area contributed by atoms with Crippen molar-refractivity contribution in [2.24, 2.45) is 0 Å². The lowest BCUT2D eigenvalue weighted by Crippen LogP contribution is -1.99. The summed E-state index contributed by atoms with van der Waals surface area (Å²) in [5.41, 5.74) is 5.59. The van der Waals surface area contributed by atoms with Crippen LogP contribution in [0.5, 0.6) is 5.88 Å². The maximum atomic E-state index is 6.06. The molecule has 134 valence electrons. The standard InChI is InChI=1S/C19H20Cl2N2O.ClH/c1-4-5-14-9-22-19(18-17(14)11(2)12(3)23-18)24-10-13-6-7-15(20)16(21)8-13;/h6-9,23H,4-5,10H2,1-3H3;1H. The molecule has 0 aliphatic rings. The van der Waals surface area contributed by atoms with E-state index in [0.717, 1.165) is 29.6 Å². The molecule has 2 aromatic heterocycles. The molecular weight excluding hydrogens is 379 g/mol. The minimum absolute atomic E-state index is 0. The van der Waals surface area contributed by atoms with Gasteiger partial charge < -0.3 is 9.72 Å². The third-order valence-electron chi connectivity index (χ3n) is 4.25. The number of nitrogens with one attached hydrogen (secondary N) is 1. The van der Waals surface area contributed by atoms with Gasteiger partial charge in [-0.1, -0.05) is 42.6 Å². The number of hydrogen-bond donors (Lipinski definition) is 1. The van der Waals surface area contributed by atoms with Gasteiger partial charge in [0.1, 0.15) is 12.1 Å². The van der Waals surface area contributed by atoms with E-state index in [2.05, 4.69) is 30.7 Å².